The molecule has 0 aliphatic carbocycles. The highest BCUT2D eigenvalue weighted by molar-refractivity contribution is 14.0. The number of aryl methyl sites for hydroxylation is 1. The number of aliphatic imine (C=N–C) groups is 1. The number of hydrogen-bond acceptors (Lipinski definition) is 3. The van der Waals surface area contributed by atoms with Gasteiger partial charge in [-0.25, -0.2) is 0 Å². The molecule has 1 heterocycles. The third kappa shape index (κ3) is 7.40. The second-order valence-electron chi connectivity index (χ2n) is 6.26. The quantitative estimate of drug-likeness (QED) is 0.271. The maximum atomic E-state index is 5.27. The summed E-state index contributed by atoms with van der Waals surface area (Å²) in [5.41, 5.74) is 1.31. The van der Waals surface area contributed by atoms with Gasteiger partial charge < -0.3 is 15.4 Å². The number of benzene rings is 1. The van der Waals surface area contributed by atoms with E-state index in [2.05, 4.69) is 39.6 Å². The molecule has 1 aromatic carbocycles. The predicted molar refractivity (Wildman–Crippen MR) is 116 cm³/mol. The summed E-state index contributed by atoms with van der Waals surface area (Å²) in [4.78, 5) is 6.87. The summed E-state index contributed by atoms with van der Waals surface area (Å²) >= 11 is 0. The minimum absolute atomic E-state index is 0. The van der Waals surface area contributed by atoms with E-state index in [4.69, 9.17) is 4.74 Å². The number of likely N-dealkylation sites (tertiary alicyclic amines) is 1. The Morgan fingerprint density at radius 2 is 2.20 bits per heavy atom. The molecule has 0 bridgehead atoms. The van der Waals surface area contributed by atoms with Crippen molar-refractivity contribution in [3.05, 3.63) is 29.8 Å². The van der Waals surface area contributed by atoms with Crippen LogP contribution in [0.2, 0.25) is 0 Å². The summed E-state index contributed by atoms with van der Waals surface area (Å²) < 4.78 is 5.27. The lowest BCUT2D eigenvalue weighted by Crippen LogP contribution is -2.45. The molecule has 1 unspecified atom stereocenters. The van der Waals surface area contributed by atoms with E-state index in [1.54, 1.807) is 7.11 Å². The Bertz CT molecular complexity index is 524. The van der Waals surface area contributed by atoms with Gasteiger partial charge in [-0.05, 0) is 56.5 Å². The maximum absolute atomic E-state index is 5.27. The van der Waals surface area contributed by atoms with Crippen LogP contribution in [0.3, 0.4) is 0 Å². The number of guanidine groups is 1. The number of rotatable bonds is 8. The van der Waals surface area contributed by atoms with Gasteiger partial charge in [-0.3, -0.25) is 9.89 Å². The van der Waals surface area contributed by atoms with Crippen LogP contribution >= 0.6 is 24.0 Å². The van der Waals surface area contributed by atoms with Crippen molar-refractivity contribution in [1.29, 1.82) is 0 Å². The highest BCUT2D eigenvalue weighted by Crippen LogP contribution is 2.15. The van der Waals surface area contributed by atoms with Gasteiger partial charge in [0, 0.05) is 26.2 Å². The van der Waals surface area contributed by atoms with E-state index in [0.29, 0.717) is 6.04 Å². The number of halogens is 1. The van der Waals surface area contributed by atoms with Crippen molar-refractivity contribution in [3.63, 3.8) is 0 Å². The lowest BCUT2D eigenvalue weighted by Gasteiger charge is -2.24. The fourth-order valence-corrected chi connectivity index (χ4v) is 3.30. The van der Waals surface area contributed by atoms with Gasteiger partial charge in [-0.1, -0.05) is 19.1 Å². The zero-order chi connectivity index (χ0) is 17.2. The number of nitrogens with one attached hydrogen (secondary N) is 2. The zero-order valence-electron chi connectivity index (χ0n) is 15.8. The molecule has 1 fully saturated rings. The van der Waals surface area contributed by atoms with Crippen molar-refractivity contribution >= 4 is 29.9 Å². The largest absolute Gasteiger partial charge is 0.497 e. The second-order valence-corrected chi connectivity index (χ2v) is 6.26. The van der Waals surface area contributed by atoms with Crippen molar-refractivity contribution in [2.45, 2.75) is 38.6 Å². The Balaban J connectivity index is 0.00000312. The van der Waals surface area contributed by atoms with Gasteiger partial charge in [0.25, 0.3) is 0 Å². The molecule has 1 aliphatic rings. The molecule has 1 saturated heterocycles. The summed E-state index contributed by atoms with van der Waals surface area (Å²) in [5, 5.41) is 6.88. The summed E-state index contributed by atoms with van der Waals surface area (Å²) in [5.74, 6) is 1.83. The zero-order valence-corrected chi connectivity index (χ0v) is 18.1. The smallest absolute Gasteiger partial charge is 0.191 e. The first-order valence-corrected chi connectivity index (χ1v) is 9.08. The topological polar surface area (TPSA) is 48.9 Å². The summed E-state index contributed by atoms with van der Waals surface area (Å²) in [6.07, 6.45) is 4.70. The van der Waals surface area contributed by atoms with Crippen LogP contribution in [0.5, 0.6) is 5.75 Å². The predicted octanol–water partition coefficient (Wildman–Crippen LogP) is 2.90. The van der Waals surface area contributed by atoms with Crippen LogP contribution in [0.4, 0.5) is 0 Å². The number of hydrogen-bond donors (Lipinski definition) is 2. The van der Waals surface area contributed by atoms with Gasteiger partial charge in [-0.2, -0.15) is 0 Å². The van der Waals surface area contributed by atoms with E-state index in [-0.39, 0.29) is 24.0 Å². The van der Waals surface area contributed by atoms with Crippen LogP contribution in [-0.4, -0.2) is 57.2 Å². The van der Waals surface area contributed by atoms with Crippen molar-refractivity contribution in [1.82, 2.24) is 15.5 Å². The van der Waals surface area contributed by atoms with Crippen molar-refractivity contribution < 1.29 is 4.74 Å². The molecule has 142 valence electrons. The molecule has 0 aromatic heterocycles. The van der Waals surface area contributed by atoms with Gasteiger partial charge in [0.2, 0.25) is 0 Å². The Morgan fingerprint density at radius 1 is 1.36 bits per heavy atom. The highest BCUT2D eigenvalue weighted by atomic mass is 127. The van der Waals surface area contributed by atoms with Crippen LogP contribution in [0.1, 0.15) is 31.7 Å². The molecule has 2 N–H and O–H groups in total. The Labute approximate surface area is 169 Å². The van der Waals surface area contributed by atoms with E-state index in [0.717, 1.165) is 44.2 Å². The molecule has 5 nitrogen and oxygen atoms in total. The fraction of sp³-hybridized carbons (Fsp3) is 0.632. The summed E-state index contributed by atoms with van der Waals surface area (Å²) in [6.45, 7) is 6.50. The maximum Gasteiger partial charge on any atom is 0.191 e. The molecule has 6 heteroatoms. The number of nitrogens with zero attached hydrogens (tertiary/aromatic N) is 2. The number of methoxy groups -OCH3 is 1. The number of ether oxygens (including phenoxy) is 1. The molecule has 0 saturated carbocycles. The molecule has 2 rings (SSSR count). The summed E-state index contributed by atoms with van der Waals surface area (Å²) in [7, 11) is 3.55. The van der Waals surface area contributed by atoms with Crippen LogP contribution in [0.25, 0.3) is 0 Å². The molecule has 0 amide bonds. The molecule has 0 radical (unpaired) electrons. The van der Waals surface area contributed by atoms with Crippen LogP contribution < -0.4 is 15.4 Å². The SMILES string of the molecule is CCN1CCCC1CNC(=NC)NCCCc1cccc(OC)c1.I. The van der Waals surface area contributed by atoms with E-state index in [1.165, 1.54) is 24.9 Å². The molecular weight excluding hydrogens is 427 g/mol. The van der Waals surface area contributed by atoms with Crippen molar-refractivity contribution in [3.8, 4) is 5.75 Å². The van der Waals surface area contributed by atoms with E-state index in [9.17, 15) is 0 Å². The molecular formula is C19H33IN4O. The molecule has 1 aromatic rings. The second kappa shape index (κ2) is 12.4. The van der Waals surface area contributed by atoms with Crippen molar-refractivity contribution in [2.75, 3.05) is 40.3 Å². The first-order valence-electron chi connectivity index (χ1n) is 9.08. The lowest BCUT2D eigenvalue weighted by molar-refractivity contribution is 0.267. The molecule has 25 heavy (non-hydrogen) atoms. The van der Waals surface area contributed by atoms with Crippen LogP contribution in [0, 0.1) is 0 Å². The van der Waals surface area contributed by atoms with Gasteiger partial charge in [-0.15, -0.1) is 24.0 Å². The standard InChI is InChI=1S/C19H32N4O.HI/c1-4-23-13-7-10-17(23)15-22-19(20-2)21-12-6-9-16-8-5-11-18(14-16)24-3;/h5,8,11,14,17H,4,6-7,9-10,12-13,15H2,1-3H3,(H2,20,21,22);1H. The summed E-state index contributed by atoms with van der Waals surface area (Å²) in [6, 6.07) is 8.92. The first kappa shape index (κ1) is 22.0. The van der Waals surface area contributed by atoms with E-state index in [1.807, 2.05) is 19.2 Å². The van der Waals surface area contributed by atoms with E-state index >= 15 is 0 Å². The Kier molecular flexibility index (Phi) is 10.9. The molecule has 0 spiro atoms. The van der Waals surface area contributed by atoms with Gasteiger partial charge >= 0.3 is 0 Å². The number of likely N-dealkylation sites (N-methyl/N-ethyl adjacent to an activating group) is 1. The van der Waals surface area contributed by atoms with Gasteiger partial charge in [0.05, 0.1) is 7.11 Å². The third-order valence-corrected chi connectivity index (χ3v) is 4.70. The minimum atomic E-state index is 0. The first-order chi connectivity index (χ1) is 11.8. The van der Waals surface area contributed by atoms with Crippen LogP contribution in [0.15, 0.2) is 29.3 Å². The van der Waals surface area contributed by atoms with Gasteiger partial charge in [0.15, 0.2) is 5.96 Å². The Morgan fingerprint density at radius 3 is 2.92 bits per heavy atom. The van der Waals surface area contributed by atoms with E-state index < -0.39 is 0 Å². The van der Waals surface area contributed by atoms with Gasteiger partial charge in [0.1, 0.15) is 5.75 Å². The third-order valence-electron chi connectivity index (χ3n) is 4.70. The average molecular weight is 460 g/mol. The Hall–Kier alpha value is -1.02. The minimum Gasteiger partial charge on any atom is -0.497 e. The molecule has 1 atom stereocenters. The lowest BCUT2D eigenvalue weighted by atomic mass is 10.1. The highest BCUT2D eigenvalue weighted by Gasteiger charge is 2.22. The average Bonchev–Trinajstić information content (AvgIpc) is 3.09. The van der Waals surface area contributed by atoms with Crippen LogP contribution in [-0.2, 0) is 6.42 Å². The monoisotopic (exact) mass is 460 g/mol. The van der Waals surface area contributed by atoms with Crippen molar-refractivity contribution in [2.24, 2.45) is 4.99 Å². The molecule has 1 aliphatic heterocycles. The normalized spacial score (nSPS) is 17.9. The fourth-order valence-electron chi connectivity index (χ4n) is 3.30.